The van der Waals surface area contributed by atoms with E-state index in [1.807, 2.05) is 0 Å². The molecule has 23 heavy (non-hydrogen) atoms. The highest BCUT2D eigenvalue weighted by atomic mass is 32.1. The smallest absolute Gasteiger partial charge is 0.00988 e. The predicted octanol–water partition coefficient (Wildman–Crippen LogP) is 6.41. The lowest BCUT2D eigenvalue weighted by molar-refractivity contribution is 1.78. The van der Waals surface area contributed by atoms with Crippen molar-refractivity contribution in [2.45, 2.75) is 0 Å². The van der Waals surface area contributed by atoms with Gasteiger partial charge in [0.05, 0.1) is 0 Å². The van der Waals surface area contributed by atoms with Gasteiger partial charge in [0, 0.05) is 0 Å². The van der Waals surface area contributed by atoms with Crippen LogP contribution in [0.25, 0.3) is 43.1 Å². The third kappa shape index (κ3) is 2.16. The fourth-order valence-electron chi connectivity index (χ4n) is 3.44. The number of benzene rings is 5. The first kappa shape index (κ1) is 14.1. The fraction of sp³-hybridized carbons (Fsp3) is 0. The van der Waals surface area contributed by atoms with Crippen LogP contribution >= 0.6 is 13.5 Å². The van der Waals surface area contributed by atoms with E-state index < -0.39 is 0 Å². The fourth-order valence-corrected chi connectivity index (χ4v) is 3.44. The van der Waals surface area contributed by atoms with Crippen molar-refractivity contribution in [3.63, 3.8) is 0 Å². The van der Waals surface area contributed by atoms with Crippen LogP contribution in [0.5, 0.6) is 0 Å². The van der Waals surface area contributed by atoms with Gasteiger partial charge >= 0.3 is 0 Å². The summed E-state index contributed by atoms with van der Waals surface area (Å²) < 4.78 is 0. The lowest BCUT2D eigenvalue weighted by Gasteiger charge is -2.08. The Morgan fingerprint density at radius 2 is 0.696 bits per heavy atom. The van der Waals surface area contributed by atoms with Crippen LogP contribution in [0.4, 0.5) is 0 Å². The highest BCUT2D eigenvalue weighted by Gasteiger charge is 2.04. The highest BCUT2D eigenvalue weighted by Crippen LogP contribution is 2.32. The summed E-state index contributed by atoms with van der Waals surface area (Å²) in [6.45, 7) is 0. The molecule has 0 fully saturated rings. The van der Waals surface area contributed by atoms with E-state index in [-0.39, 0.29) is 13.5 Å². The minimum atomic E-state index is 0. The monoisotopic (exact) mass is 312 g/mol. The van der Waals surface area contributed by atoms with Gasteiger partial charge in [-0.3, -0.25) is 0 Å². The standard InChI is InChI=1S/C22H14.H2S/c1-3-7-17-13-21-19(11-15(17)5-1)9-10-20-12-16-6-2-4-8-18(16)14-22(20)21;/h1-14H;1H2. The zero-order chi connectivity index (χ0) is 14.5. The van der Waals surface area contributed by atoms with Gasteiger partial charge in [0.1, 0.15) is 0 Å². The predicted molar refractivity (Wildman–Crippen MR) is 107 cm³/mol. The SMILES string of the molecule is S.c1ccc2cc3c(ccc4cc5ccccc5cc43)cc2c1. The largest absolute Gasteiger partial charge is 0.197 e. The zero-order valence-electron chi connectivity index (χ0n) is 12.6. The van der Waals surface area contributed by atoms with Gasteiger partial charge in [-0.2, -0.15) is 13.5 Å². The molecule has 0 saturated heterocycles. The van der Waals surface area contributed by atoms with E-state index in [9.17, 15) is 0 Å². The van der Waals surface area contributed by atoms with Crippen LogP contribution in [0.3, 0.4) is 0 Å². The Balaban J connectivity index is 0.00000135. The highest BCUT2D eigenvalue weighted by molar-refractivity contribution is 7.59. The van der Waals surface area contributed by atoms with Crippen molar-refractivity contribution in [2.75, 3.05) is 0 Å². The second-order valence-electron chi connectivity index (χ2n) is 5.91. The zero-order valence-corrected chi connectivity index (χ0v) is 13.6. The summed E-state index contributed by atoms with van der Waals surface area (Å²) in [5.41, 5.74) is 0. The van der Waals surface area contributed by atoms with Crippen LogP contribution in [0.15, 0.2) is 84.9 Å². The molecule has 0 N–H and O–H groups in total. The van der Waals surface area contributed by atoms with Crippen LogP contribution in [-0.2, 0) is 0 Å². The van der Waals surface area contributed by atoms with E-state index in [0.29, 0.717) is 0 Å². The van der Waals surface area contributed by atoms with E-state index in [2.05, 4.69) is 84.9 Å². The van der Waals surface area contributed by atoms with Crippen molar-refractivity contribution >= 4 is 56.6 Å². The molecule has 0 amide bonds. The molecule has 5 aromatic rings. The maximum absolute atomic E-state index is 2.32. The molecule has 1 heteroatoms. The Morgan fingerprint density at radius 3 is 1.09 bits per heavy atom. The summed E-state index contributed by atoms with van der Waals surface area (Å²) in [6.07, 6.45) is 0. The molecule has 0 radical (unpaired) electrons. The summed E-state index contributed by atoms with van der Waals surface area (Å²) in [5, 5.41) is 10.5. The van der Waals surface area contributed by atoms with Gasteiger partial charge in [0.25, 0.3) is 0 Å². The minimum absolute atomic E-state index is 0. The molecule has 0 bridgehead atoms. The quantitative estimate of drug-likeness (QED) is 0.229. The third-order valence-electron chi connectivity index (χ3n) is 4.57. The van der Waals surface area contributed by atoms with Gasteiger partial charge in [0.2, 0.25) is 0 Å². The van der Waals surface area contributed by atoms with Crippen molar-refractivity contribution < 1.29 is 0 Å². The average Bonchev–Trinajstić information content (AvgIpc) is 2.58. The van der Waals surface area contributed by atoms with Crippen LogP contribution in [0, 0.1) is 0 Å². The molecule has 110 valence electrons. The van der Waals surface area contributed by atoms with Gasteiger partial charge < -0.3 is 0 Å². The summed E-state index contributed by atoms with van der Waals surface area (Å²) >= 11 is 0. The van der Waals surface area contributed by atoms with E-state index in [0.717, 1.165) is 0 Å². The molecule has 0 spiro atoms. The molecule has 0 nitrogen and oxygen atoms in total. The molecule has 5 aromatic carbocycles. The molecule has 0 aromatic heterocycles. The van der Waals surface area contributed by atoms with E-state index >= 15 is 0 Å². The number of hydrogen-bond acceptors (Lipinski definition) is 0. The lowest BCUT2D eigenvalue weighted by atomic mass is 9.96. The third-order valence-corrected chi connectivity index (χ3v) is 4.57. The van der Waals surface area contributed by atoms with Gasteiger partial charge in [-0.1, -0.05) is 60.7 Å². The van der Waals surface area contributed by atoms with Crippen LogP contribution in [0.2, 0.25) is 0 Å². The maximum atomic E-state index is 2.32. The van der Waals surface area contributed by atoms with E-state index in [4.69, 9.17) is 0 Å². The first-order chi connectivity index (χ1) is 10.9. The van der Waals surface area contributed by atoms with Crippen molar-refractivity contribution in [3.8, 4) is 0 Å². The van der Waals surface area contributed by atoms with Crippen molar-refractivity contribution in [2.24, 2.45) is 0 Å². The normalized spacial score (nSPS) is 11.1. The molecule has 0 aliphatic carbocycles. The second-order valence-corrected chi connectivity index (χ2v) is 5.91. The van der Waals surface area contributed by atoms with E-state index in [1.165, 1.54) is 43.1 Å². The van der Waals surface area contributed by atoms with Gasteiger partial charge in [-0.25, -0.2) is 0 Å². The number of fused-ring (bicyclic) bond motifs is 5. The molecule has 0 atom stereocenters. The molecular formula is C22H16S. The first-order valence-corrected chi connectivity index (χ1v) is 7.62. The van der Waals surface area contributed by atoms with Crippen molar-refractivity contribution in [3.05, 3.63) is 84.9 Å². The topological polar surface area (TPSA) is 0 Å². The second kappa shape index (κ2) is 5.29. The minimum Gasteiger partial charge on any atom is -0.197 e. The Morgan fingerprint density at radius 1 is 0.348 bits per heavy atom. The van der Waals surface area contributed by atoms with Crippen molar-refractivity contribution in [1.29, 1.82) is 0 Å². The van der Waals surface area contributed by atoms with Gasteiger partial charge in [0.15, 0.2) is 0 Å². The Bertz CT molecular complexity index is 1080. The summed E-state index contributed by atoms with van der Waals surface area (Å²) in [5.74, 6) is 0. The summed E-state index contributed by atoms with van der Waals surface area (Å²) in [6, 6.07) is 30.8. The molecule has 0 aliphatic heterocycles. The molecular weight excluding hydrogens is 296 g/mol. The maximum Gasteiger partial charge on any atom is -0.00988 e. The molecule has 0 unspecified atom stereocenters. The van der Waals surface area contributed by atoms with Crippen molar-refractivity contribution in [1.82, 2.24) is 0 Å². The van der Waals surface area contributed by atoms with Gasteiger partial charge in [-0.05, 0) is 67.4 Å². The lowest BCUT2D eigenvalue weighted by Crippen LogP contribution is -1.81. The Labute approximate surface area is 141 Å². The Hall–Kier alpha value is -2.51. The Kier molecular flexibility index (Phi) is 3.24. The van der Waals surface area contributed by atoms with Crippen LogP contribution < -0.4 is 0 Å². The van der Waals surface area contributed by atoms with Gasteiger partial charge in [-0.15, -0.1) is 0 Å². The first-order valence-electron chi connectivity index (χ1n) is 7.62. The van der Waals surface area contributed by atoms with E-state index in [1.54, 1.807) is 0 Å². The summed E-state index contributed by atoms with van der Waals surface area (Å²) in [7, 11) is 0. The average molecular weight is 312 g/mol. The number of rotatable bonds is 0. The van der Waals surface area contributed by atoms with Crippen LogP contribution in [0.1, 0.15) is 0 Å². The molecule has 5 rings (SSSR count). The molecule has 0 aliphatic rings. The number of hydrogen-bond donors (Lipinski definition) is 0. The molecule has 0 heterocycles. The molecule has 0 saturated carbocycles. The van der Waals surface area contributed by atoms with Crippen LogP contribution in [-0.4, -0.2) is 0 Å². The summed E-state index contributed by atoms with van der Waals surface area (Å²) in [4.78, 5) is 0.